The third-order valence-corrected chi connectivity index (χ3v) is 8.29. The van der Waals surface area contributed by atoms with Crippen LogP contribution in [0.25, 0.3) is 21.6 Å². The average molecular weight is 509 g/mol. The number of aryl methyl sites for hydroxylation is 1. The van der Waals surface area contributed by atoms with Crippen molar-refractivity contribution in [2.45, 2.75) is 46.6 Å². The Hall–Kier alpha value is -2.83. The van der Waals surface area contributed by atoms with Crippen LogP contribution in [-0.2, 0) is 19.4 Å². The molecule has 1 atom stereocenters. The number of hydrogen-bond donors (Lipinski definition) is 1. The predicted octanol–water partition coefficient (Wildman–Crippen LogP) is 7.04. The maximum Gasteiger partial charge on any atom is 0.260 e. The van der Waals surface area contributed by atoms with Crippen LogP contribution in [0, 0.1) is 11.3 Å². The molecule has 2 aromatic carbocycles. The van der Waals surface area contributed by atoms with Gasteiger partial charge in [0.15, 0.2) is 11.5 Å². The van der Waals surface area contributed by atoms with Gasteiger partial charge in [0, 0.05) is 15.5 Å². The molecule has 0 bridgehead atoms. The number of aromatic nitrogens is 2. The van der Waals surface area contributed by atoms with Crippen molar-refractivity contribution in [3.63, 3.8) is 0 Å². The Morgan fingerprint density at radius 3 is 2.63 bits per heavy atom. The number of H-pyrrole nitrogens is 1. The van der Waals surface area contributed by atoms with Crippen LogP contribution in [0.3, 0.4) is 0 Å². The van der Waals surface area contributed by atoms with E-state index in [1.54, 1.807) is 18.4 Å². The third-order valence-electron chi connectivity index (χ3n) is 6.89. The number of halogens is 1. The highest BCUT2D eigenvalue weighted by molar-refractivity contribution is 7.18. The van der Waals surface area contributed by atoms with Crippen LogP contribution < -0.4 is 15.0 Å². The molecule has 0 fully saturated rings. The van der Waals surface area contributed by atoms with E-state index in [2.05, 4.69) is 25.8 Å². The zero-order valence-corrected chi connectivity index (χ0v) is 22.0. The second-order valence-corrected chi connectivity index (χ2v) is 11.7. The highest BCUT2D eigenvalue weighted by Gasteiger charge is 2.31. The van der Waals surface area contributed by atoms with Crippen LogP contribution in [0.5, 0.6) is 11.5 Å². The fraction of sp³-hybridized carbons (Fsp3) is 0.357. The van der Waals surface area contributed by atoms with Gasteiger partial charge < -0.3 is 14.5 Å². The van der Waals surface area contributed by atoms with Crippen molar-refractivity contribution in [2.24, 2.45) is 11.3 Å². The number of nitrogens with one attached hydrogen (secondary N) is 1. The van der Waals surface area contributed by atoms with E-state index in [4.69, 9.17) is 26.1 Å². The van der Waals surface area contributed by atoms with Crippen molar-refractivity contribution in [2.75, 3.05) is 7.11 Å². The molecule has 2 aromatic heterocycles. The summed E-state index contributed by atoms with van der Waals surface area (Å²) in [6.45, 7) is 7.30. The summed E-state index contributed by atoms with van der Waals surface area (Å²) in [5, 5.41) is 1.45. The maximum atomic E-state index is 13.1. The molecule has 1 aliphatic carbocycles. The van der Waals surface area contributed by atoms with E-state index in [1.165, 1.54) is 10.4 Å². The molecule has 0 aliphatic heterocycles. The Balaban J connectivity index is 1.44. The minimum absolute atomic E-state index is 0.0706. The first-order valence-corrected chi connectivity index (χ1v) is 13.0. The number of benzene rings is 2. The van der Waals surface area contributed by atoms with Crippen molar-refractivity contribution in [3.8, 4) is 22.9 Å². The number of ether oxygens (including phenoxy) is 2. The number of nitrogens with zero attached hydrogens (tertiary/aromatic N) is 1. The minimum Gasteiger partial charge on any atom is -0.493 e. The van der Waals surface area contributed by atoms with Gasteiger partial charge in [-0.15, -0.1) is 11.3 Å². The summed E-state index contributed by atoms with van der Waals surface area (Å²) in [6, 6.07) is 13.1. The fourth-order valence-electron chi connectivity index (χ4n) is 4.74. The Morgan fingerprint density at radius 1 is 1.14 bits per heavy atom. The smallest absolute Gasteiger partial charge is 0.260 e. The SMILES string of the molecule is COc1cc(-c2nc3sc4c(c3c(=O)[nH]2)CCC(C(C)(C)C)C4)ccc1OCc1ccc(Cl)cc1. The molecule has 1 N–H and O–H groups in total. The molecule has 182 valence electrons. The third kappa shape index (κ3) is 4.82. The van der Waals surface area contributed by atoms with Crippen LogP contribution in [0.4, 0.5) is 0 Å². The molecule has 2 heterocycles. The normalized spacial score (nSPS) is 15.7. The van der Waals surface area contributed by atoms with Gasteiger partial charge in [-0.05, 0) is 72.1 Å². The van der Waals surface area contributed by atoms with Gasteiger partial charge in [0.2, 0.25) is 0 Å². The summed E-state index contributed by atoms with van der Waals surface area (Å²) in [5.41, 5.74) is 3.16. The minimum atomic E-state index is -0.0706. The van der Waals surface area contributed by atoms with E-state index in [9.17, 15) is 4.79 Å². The zero-order chi connectivity index (χ0) is 24.7. The van der Waals surface area contributed by atoms with Crippen LogP contribution in [0.2, 0.25) is 5.02 Å². The van der Waals surface area contributed by atoms with Crippen LogP contribution in [0.15, 0.2) is 47.3 Å². The van der Waals surface area contributed by atoms with Crippen molar-refractivity contribution < 1.29 is 9.47 Å². The molecular weight excluding hydrogens is 480 g/mol. The van der Waals surface area contributed by atoms with Gasteiger partial charge in [-0.2, -0.15) is 0 Å². The van der Waals surface area contributed by atoms with Crippen LogP contribution in [0.1, 0.15) is 43.2 Å². The molecule has 0 amide bonds. The van der Waals surface area contributed by atoms with E-state index in [1.807, 2.05) is 42.5 Å². The van der Waals surface area contributed by atoms with E-state index in [0.29, 0.717) is 34.9 Å². The quantitative estimate of drug-likeness (QED) is 0.314. The second kappa shape index (κ2) is 9.32. The number of methoxy groups -OCH3 is 1. The molecule has 0 saturated carbocycles. The lowest BCUT2D eigenvalue weighted by Crippen LogP contribution is -2.26. The van der Waals surface area contributed by atoms with Crippen LogP contribution >= 0.6 is 22.9 Å². The van der Waals surface area contributed by atoms with Crippen LogP contribution in [-0.4, -0.2) is 17.1 Å². The number of fused-ring (bicyclic) bond motifs is 3. The molecule has 0 saturated heterocycles. The van der Waals surface area contributed by atoms with E-state index >= 15 is 0 Å². The molecule has 0 radical (unpaired) electrons. The highest BCUT2D eigenvalue weighted by Crippen LogP contribution is 2.42. The van der Waals surface area contributed by atoms with Gasteiger partial charge in [-0.1, -0.05) is 44.5 Å². The molecule has 0 spiro atoms. The van der Waals surface area contributed by atoms with Gasteiger partial charge in [-0.25, -0.2) is 4.98 Å². The van der Waals surface area contributed by atoms with Crippen molar-refractivity contribution in [1.82, 2.24) is 9.97 Å². The lowest BCUT2D eigenvalue weighted by atomic mass is 9.72. The highest BCUT2D eigenvalue weighted by atomic mass is 35.5. The number of thiophene rings is 1. The van der Waals surface area contributed by atoms with E-state index in [0.717, 1.165) is 40.6 Å². The van der Waals surface area contributed by atoms with Gasteiger partial charge in [0.05, 0.1) is 12.5 Å². The summed E-state index contributed by atoms with van der Waals surface area (Å²) >= 11 is 7.63. The summed E-state index contributed by atoms with van der Waals surface area (Å²) in [7, 11) is 1.60. The average Bonchev–Trinajstić information content (AvgIpc) is 3.21. The first-order chi connectivity index (χ1) is 16.7. The van der Waals surface area contributed by atoms with Gasteiger partial charge in [-0.3, -0.25) is 4.79 Å². The standard InChI is InChI=1S/C28H29ClN2O3S/c1-28(2,3)18-8-11-20-23(14-18)35-27-24(20)26(32)30-25(31-27)17-7-12-21(22(13-17)33-4)34-15-16-5-9-19(29)10-6-16/h5-7,9-10,12-13,18H,8,11,14-15H2,1-4H3,(H,30,31,32). The number of rotatable bonds is 5. The molecule has 5 rings (SSSR count). The van der Waals surface area contributed by atoms with Gasteiger partial charge >= 0.3 is 0 Å². The zero-order valence-electron chi connectivity index (χ0n) is 20.4. The molecule has 7 heteroatoms. The second-order valence-electron chi connectivity index (χ2n) is 10.2. The molecule has 1 unspecified atom stereocenters. The first-order valence-electron chi connectivity index (χ1n) is 11.8. The largest absolute Gasteiger partial charge is 0.493 e. The van der Waals surface area contributed by atoms with Crippen molar-refractivity contribution >= 4 is 33.2 Å². The molecule has 4 aromatic rings. The fourth-order valence-corrected chi connectivity index (χ4v) is 6.16. The summed E-state index contributed by atoms with van der Waals surface area (Å²) < 4.78 is 11.6. The maximum absolute atomic E-state index is 13.1. The molecule has 1 aliphatic rings. The summed E-state index contributed by atoms with van der Waals surface area (Å²) in [5.74, 6) is 2.36. The number of aromatic amines is 1. The Morgan fingerprint density at radius 2 is 1.91 bits per heavy atom. The summed E-state index contributed by atoms with van der Waals surface area (Å²) in [4.78, 5) is 23.1. The topological polar surface area (TPSA) is 64.2 Å². The monoisotopic (exact) mass is 508 g/mol. The lowest BCUT2D eigenvalue weighted by Gasteiger charge is -2.33. The van der Waals surface area contributed by atoms with Crippen molar-refractivity contribution in [1.29, 1.82) is 0 Å². The molecular formula is C28H29ClN2O3S. The van der Waals surface area contributed by atoms with E-state index < -0.39 is 0 Å². The molecule has 35 heavy (non-hydrogen) atoms. The number of hydrogen-bond acceptors (Lipinski definition) is 5. The van der Waals surface area contributed by atoms with Gasteiger partial charge in [0.25, 0.3) is 5.56 Å². The molecule has 5 nitrogen and oxygen atoms in total. The predicted molar refractivity (Wildman–Crippen MR) is 143 cm³/mol. The summed E-state index contributed by atoms with van der Waals surface area (Å²) in [6.07, 6.45) is 3.06. The Kier molecular flexibility index (Phi) is 6.36. The lowest BCUT2D eigenvalue weighted by molar-refractivity contribution is 0.218. The first kappa shape index (κ1) is 23.9. The van der Waals surface area contributed by atoms with E-state index in [-0.39, 0.29) is 11.0 Å². The van der Waals surface area contributed by atoms with Gasteiger partial charge in [0.1, 0.15) is 17.3 Å². The van der Waals surface area contributed by atoms with Crippen molar-refractivity contribution in [3.05, 3.63) is 73.8 Å². The Bertz CT molecular complexity index is 1430. The Labute approximate surface area is 214 Å².